The normalized spacial score (nSPS) is 18.7. The average molecular weight is 294 g/mol. The minimum absolute atomic E-state index is 0.326. The fourth-order valence-electron chi connectivity index (χ4n) is 2.80. The molecule has 1 saturated heterocycles. The first kappa shape index (κ1) is 13.5. The van der Waals surface area contributed by atoms with Gasteiger partial charge in [0, 0.05) is 24.7 Å². The second-order valence-corrected chi connectivity index (χ2v) is 7.34. The fourth-order valence-corrected chi connectivity index (χ4v) is 3.67. The number of imidazole rings is 1. The van der Waals surface area contributed by atoms with Gasteiger partial charge in [0.15, 0.2) is 0 Å². The molecule has 0 aliphatic carbocycles. The van der Waals surface area contributed by atoms with Crippen molar-refractivity contribution in [1.82, 2.24) is 18.7 Å². The summed E-state index contributed by atoms with van der Waals surface area (Å²) in [6.07, 6.45) is 6.50. The van der Waals surface area contributed by atoms with Gasteiger partial charge in [-0.05, 0) is 25.8 Å². The van der Waals surface area contributed by atoms with Crippen LogP contribution in [0.1, 0.15) is 30.3 Å². The van der Waals surface area contributed by atoms with Crippen molar-refractivity contribution in [3.05, 3.63) is 30.1 Å². The number of hydrogen-bond acceptors (Lipinski definition) is 4. The van der Waals surface area contributed by atoms with Crippen LogP contribution in [0.5, 0.6) is 0 Å². The SMILES string of the molecule is Cc1nc(C2CCN(S(C)(=O)=O)CC2)cc2cncn12. The van der Waals surface area contributed by atoms with Crippen LogP contribution in [0, 0.1) is 6.92 Å². The van der Waals surface area contributed by atoms with E-state index in [4.69, 9.17) is 0 Å². The van der Waals surface area contributed by atoms with Crippen LogP contribution in [0.15, 0.2) is 18.6 Å². The summed E-state index contributed by atoms with van der Waals surface area (Å²) in [5.41, 5.74) is 2.08. The van der Waals surface area contributed by atoms with Crippen LogP contribution in [0.25, 0.3) is 5.52 Å². The molecule has 0 radical (unpaired) electrons. The van der Waals surface area contributed by atoms with E-state index in [1.165, 1.54) is 6.26 Å². The first-order valence-electron chi connectivity index (χ1n) is 6.70. The van der Waals surface area contributed by atoms with Crippen LogP contribution in [-0.4, -0.2) is 46.4 Å². The molecule has 0 unspecified atom stereocenters. The molecule has 7 heteroatoms. The molecule has 0 atom stereocenters. The number of aryl methyl sites for hydroxylation is 1. The first-order chi connectivity index (χ1) is 9.45. The zero-order valence-electron chi connectivity index (χ0n) is 11.7. The second kappa shape index (κ2) is 4.82. The van der Waals surface area contributed by atoms with E-state index in [9.17, 15) is 8.42 Å². The lowest BCUT2D eigenvalue weighted by Crippen LogP contribution is -2.37. The van der Waals surface area contributed by atoms with Crippen molar-refractivity contribution >= 4 is 15.5 Å². The van der Waals surface area contributed by atoms with Crippen molar-refractivity contribution < 1.29 is 8.42 Å². The topological polar surface area (TPSA) is 67.6 Å². The average Bonchev–Trinajstić information content (AvgIpc) is 2.86. The monoisotopic (exact) mass is 294 g/mol. The molecule has 0 saturated carbocycles. The quantitative estimate of drug-likeness (QED) is 0.834. The van der Waals surface area contributed by atoms with Gasteiger partial charge < -0.3 is 0 Å². The molecular weight excluding hydrogens is 276 g/mol. The Labute approximate surface area is 118 Å². The molecule has 0 bridgehead atoms. The van der Waals surface area contributed by atoms with E-state index in [1.807, 2.05) is 17.5 Å². The molecule has 2 aromatic rings. The standard InChI is InChI=1S/C13H18N4O2S/c1-10-15-13(7-12-8-14-9-17(10)12)11-3-5-16(6-4-11)20(2,18)19/h7-9,11H,3-6H2,1-2H3. The molecule has 1 aliphatic heterocycles. The van der Waals surface area contributed by atoms with Gasteiger partial charge >= 0.3 is 0 Å². The van der Waals surface area contributed by atoms with Crippen molar-refractivity contribution in [2.24, 2.45) is 0 Å². The van der Waals surface area contributed by atoms with Crippen molar-refractivity contribution in [1.29, 1.82) is 0 Å². The lowest BCUT2D eigenvalue weighted by Gasteiger charge is -2.30. The smallest absolute Gasteiger partial charge is 0.211 e. The maximum Gasteiger partial charge on any atom is 0.211 e. The van der Waals surface area contributed by atoms with Gasteiger partial charge in [-0.2, -0.15) is 0 Å². The summed E-state index contributed by atoms with van der Waals surface area (Å²) < 4.78 is 26.5. The van der Waals surface area contributed by atoms with E-state index in [0.717, 1.165) is 29.9 Å². The Morgan fingerprint density at radius 1 is 1.30 bits per heavy atom. The Balaban J connectivity index is 1.83. The van der Waals surface area contributed by atoms with Gasteiger partial charge in [0.1, 0.15) is 12.2 Å². The Bertz CT molecular complexity index is 730. The molecule has 20 heavy (non-hydrogen) atoms. The van der Waals surface area contributed by atoms with E-state index >= 15 is 0 Å². The number of sulfonamides is 1. The maximum absolute atomic E-state index is 11.5. The Kier molecular flexibility index (Phi) is 3.25. The second-order valence-electron chi connectivity index (χ2n) is 5.35. The van der Waals surface area contributed by atoms with Gasteiger partial charge in [-0.25, -0.2) is 22.7 Å². The maximum atomic E-state index is 11.5. The van der Waals surface area contributed by atoms with Gasteiger partial charge in [-0.3, -0.25) is 4.40 Å². The summed E-state index contributed by atoms with van der Waals surface area (Å²) in [6.45, 7) is 3.12. The molecule has 6 nitrogen and oxygen atoms in total. The molecule has 3 heterocycles. The Morgan fingerprint density at radius 3 is 2.65 bits per heavy atom. The molecule has 1 aliphatic rings. The van der Waals surface area contributed by atoms with Crippen LogP contribution in [0.4, 0.5) is 0 Å². The first-order valence-corrected chi connectivity index (χ1v) is 8.55. The summed E-state index contributed by atoms with van der Waals surface area (Å²) in [4.78, 5) is 8.77. The summed E-state index contributed by atoms with van der Waals surface area (Å²) >= 11 is 0. The van der Waals surface area contributed by atoms with Crippen LogP contribution < -0.4 is 0 Å². The van der Waals surface area contributed by atoms with Crippen LogP contribution in [0.2, 0.25) is 0 Å². The van der Waals surface area contributed by atoms with E-state index in [1.54, 1.807) is 10.6 Å². The van der Waals surface area contributed by atoms with Crippen LogP contribution in [0.3, 0.4) is 0 Å². The highest BCUT2D eigenvalue weighted by atomic mass is 32.2. The zero-order chi connectivity index (χ0) is 14.3. The highest BCUT2D eigenvalue weighted by molar-refractivity contribution is 7.88. The molecule has 0 aromatic carbocycles. The number of nitrogens with zero attached hydrogens (tertiary/aromatic N) is 4. The highest BCUT2D eigenvalue weighted by Gasteiger charge is 2.26. The largest absolute Gasteiger partial charge is 0.287 e. The van der Waals surface area contributed by atoms with E-state index in [2.05, 4.69) is 16.0 Å². The molecular formula is C13H18N4O2S. The van der Waals surface area contributed by atoms with E-state index in [-0.39, 0.29) is 0 Å². The predicted molar refractivity (Wildman–Crippen MR) is 76.1 cm³/mol. The van der Waals surface area contributed by atoms with Gasteiger partial charge in [-0.1, -0.05) is 0 Å². The summed E-state index contributed by atoms with van der Waals surface area (Å²) in [5.74, 6) is 1.24. The van der Waals surface area contributed by atoms with E-state index in [0.29, 0.717) is 19.0 Å². The highest BCUT2D eigenvalue weighted by Crippen LogP contribution is 2.28. The third kappa shape index (κ3) is 2.43. The van der Waals surface area contributed by atoms with Crippen molar-refractivity contribution in [2.45, 2.75) is 25.7 Å². The molecule has 0 amide bonds. The number of aromatic nitrogens is 3. The summed E-state index contributed by atoms with van der Waals surface area (Å²) in [5, 5.41) is 0. The van der Waals surface area contributed by atoms with Crippen LogP contribution >= 0.6 is 0 Å². The predicted octanol–water partition coefficient (Wildman–Crippen LogP) is 1.18. The number of piperidine rings is 1. The van der Waals surface area contributed by atoms with E-state index < -0.39 is 10.0 Å². The molecule has 2 aromatic heterocycles. The van der Waals surface area contributed by atoms with Gasteiger partial charge in [0.2, 0.25) is 10.0 Å². The third-order valence-corrected chi connectivity index (χ3v) is 5.25. The van der Waals surface area contributed by atoms with Crippen molar-refractivity contribution in [3.63, 3.8) is 0 Å². The third-order valence-electron chi connectivity index (χ3n) is 3.94. The molecule has 108 valence electrons. The summed E-state index contributed by atoms with van der Waals surface area (Å²) in [6, 6.07) is 2.06. The summed E-state index contributed by atoms with van der Waals surface area (Å²) in [7, 11) is -3.07. The van der Waals surface area contributed by atoms with Gasteiger partial charge in [-0.15, -0.1) is 0 Å². The lowest BCUT2D eigenvalue weighted by molar-refractivity contribution is 0.318. The molecule has 0 N–H and O–H groups in total. The lowest BCUT2D eigenvalue weighted by atomic mass is 9.94. The minimum atomic E-state index is -3.07. The number of hydrogen-bond donors (Lipinski definition) is 0. The van der Waals surface area contributed by atoms with Gasteiger partial charge in [0.25, 0.3) is 0 Å². The molecule has 0 spiro atoms. The van der Waals surface area contributed by atoms with Crippen molar-refractivity contribution in [3.8, 4) is 0 Å². The fraction of sp³-hybridized carbons (Fsp3) is 0.538. The minimum Gasteiger partial charge on any atom is -0.287 e. The Hall–Kier alpha value is -1.47. The molecule has 1 fully saturated rings. The van der Waals surface area contributed by atoms with Gasteiger partial charge in [0.05, 0.1) is 18.0 Å². The Morgan fingerprint density at radius 2 is 2.00 bits per heavy atom. The zero-order valence-corrected chi connectivity index (χ0v) is 12.5. The number of fused-ring (bicyclic) bond motifs is 1. The number of rotatable bonds is 2. The van der Waals surface area contributed by atoms with Crippen molar-refractivity contribution in [2.75, 3.05) is 19.3 Å². The molecule has 3 rings (SSSR count). The van der Waals surface area contributed by atoms with Crippen LogP contribution in [-0.2, 0) is 10.0 Å².